The first-order valence-electron chi connectivity index (χ1n) is 12.7. The number of benzene rings is 2. The summed E-state index contributed by atoms with van der Waals surface area (Å²) in [5.41, 5.74) is 3.37. The van der Waals surface area contributed by atoms with Gasteiger partial charge in [0, 0.05) is 23.6 Å². The number of rotatable bonds is 6. The Morgan fingerprint density at radius 3 is 2.44 bits per heavy atom. The molecule has 184 valence electrons. The minimum absolute atomic E-state index is 0.0792. The second kappa shape index (κ2) is 9.33. The Labute approximate surface area is 209 Å². The zero-order valence-electron chi connectivity index (χ0n) is 20.2. The van der Waals surface area contributed by atoms with E-state index in [0.717, 1.165) is 66.9 Å². The van der Waals surface area contributed by atoms with Gasteiger partial charge in [0.25, 0.3) is 5.91 Å². The van der Waals surface area contributed by atoms with Gasteiger partial charge in [-0.2, -0.15) is 5.10 Å². The zero-order valence-corrected chi connectivity index (χ0v) is 20.2. The maximum absolute atomic E-state index is 13.5. The van der Waals surface area contributed by atoms with E-state index in [9.17, 15) is 9.18 Å². The van der Waals surface area contributed by atoms with E-state index in [1.807, 2.05) is 10.9 Å². The van der Waals surface area contributed by atoms with E-state index >= 15 is 0 Å². The molecule has 0 aliphatic heterocycles. The van der Waals surface area contributed by atoms with Crippen LogP contribution in [0.25, 0.3) is 16.7 Å². The molecule has 0 saturated heterocycles. The van der Waals surface area contributed by atoms with Gasteiger partial charge in [0.2, 0.25) is 0 Å². The Bertz CT molecular complexity index is 1400. The van der Waals surface area contributed by atoms with E-state index < -0.39 is 5.82 Å². The molecule has 2 aliphatic carbocycles. The first kappa shape index (κ1) is 22.6. The van der Waals surface area contributed by atoms with Gasteiger partial charge in [0.05, 0.1) is 17.3 Å². The van der Waals surface area contributed by atoms with Crippen LogP contribution in [-0.2, 0) is 0 Å². The lowest BCUT2D eigenvalue weighted by molar-refractivity contribution is 0.0926. The van der Waals surface area contributed by atoms with Gasteiger partial charge in [0.1, 0.15) is 17.5 Å². The molecule has 2 aromatic carbocycles. The van der Waals surface area contributed by atoms with Crippen LogP contribution in [0.5, 0.6) is 0 Å². The molecule has 8 heteroatoms. The van der Waals surface area contributed by atoms with E-state index in [1.54, 1.807) is 12.1 Å². The molecule has 2 N–H and O–H groups in total. The first-order chi connectivity index (χ1) is 17.5. The smallest absolute Gasteiger partial charge is 0.251 e. The van der Waals surface area contributed by atoms with Crippen molar-refractivity contribution in [3.05, 3.63) is 77.5 Å². The molecule has 4 aromatic rings. The summed E-state index contributed by atoms with van der Waals surface area (Å²) in [6, 6.07) is 14.4. The normalized spacial score (nSPS) is 19.8. The molecule has 2 aromatic heterocycles. The van der Waals surface area contributed by atoms with E-state index in [-0.39, 0.29) is 18.0 Å². The fraction of sp³-hybridized carbons (Fsp3) is 0.357. The predicted octanol–water partition coefficient (Wildman–Crippen LogP) is 5.29. The third kappa shape index (κ3) is 4.67. The van der Waals surface area contributed by atoms with Crippen molar-refractivity contribution in [3.63, 3.8) is 0 Å². The van der Waals surface area contributed by atoms with Crippen molar-refractivity contribution in [1.29, 1.82) is 0 Å². The highest BCUT2D eigenvalue weighted by Crippen LogP contribution is 2.40. The zero-order chi connectivity index (χ0) is 24.6. The summed E-state index contributed by atoms with van der Waals surface area (Å²) >= 11 is 0. The molecule has 0 radical (unpaired) electrons. The van der Waals surface area contributed by atoms with E-state index in [2.05, 4.69) is 46.9 Å². The molecule has 2 fully saturated rings. The molecule has 0 bridgehead atoms. The largest absolute Gasteiger partial charge is 0.367 e. The number of aryl methyl sites for hydroxylation is 1. The lowest BCUT2D eigenvalue weighted by Gasteiger charge is -2.30. The van der Waals surface area contributed by atoms with Crippen LogP contribution in [0.15, 0.2) is 54.7 Å². The summed E-state index contributed by atoms with van der Waals surface area (Å²) in [4.78, 5) is 22.3. The monoisotopic (exact) mass is 484 g/mol. The van der Waals surface area contributed by atoms with Crippen molar-refractivity contribution in [1.82, 2.24) is 25.1 Å². The molecule has 7 nitrogen and oxygen atoms in total. The molecule has 0 atom stereocenters. The molecule has 36 heavy (non-hydrogen) atoms. The van der Waals surface area contributed by atoms with Crippen LogP contribution < -0.4 is 10.6 Å². The van der Waals surface area contributed by atoms with Crippen LogP contribution in [-0.4, -0.2) is 37.7 Å². The Kier molecular flexibility index (Phi) is 5.87. The van der Waals surface area contributed by atoms with Crippen molar-refractivity contribution < 1.29 is 9.18 Å². The highest BCUT2D eigenvalue weighted by atomic mass is 19.1. The second-order valence-electron chi connectivity index (χ2n) is 10.0. The number of anilines is 1. The van der Waals surface area contributed by atoms with Crippen LogP contribution in [0, 0.1) is 12.7 Å². The number of hydrogen-bond acceptors (Lipinski definition) is 5. The Morgan fingerprint density at radius 1 is 0.972 bits per heavy atom. The van der Waals surface area contributed by atoms with Crippen molar-refractivity contribution >= 4 is 22.8 Å². The van der Waals surface area contributed by atoms with Gasteiger partial charge in [-0.05, 0) is 75.8 Å². The van der Waals surface area contributed by atoms with E-state index in [4.69, 9.17) is 9.97 Å². The quantitative estimate of drug-likeness (QED) is 0.388. The van der Waals surface area contributed by atoms with Crippen LogP contribution in [0.4, 0.5) is 10.2 Å². The number of aromatic nitrogens is 4. The van der Waals surface area contributed by atoms with Gasteiger partial charge in [-0.25, -0.2) is 19.0 Å². The molecule has 2 saturated carbocycles. The molecule has 1 amide bonds. The van der Waals surface area contributed by atoms with Gasteiger partial charge >= 0.3 is 0 Å². The van der Waals surface area contributed by atoms with Crippen LogP contribution in [0.3, 0.4) is 0 Å². The Balaban J connectivity index is 1.17. The minimum atomic E-state index is -0.400. The third-order valence-electron chi connectivity index (χ3n) is 7.16. The van der Waals surface area contributed by atoms with Gasteiger partial charge in [0.15, 0.2) is 5.65 Å². The highest BCUT2D eigenvalue weighted by Gasteiger charge is 2.30. The average Bonchev–Trinajstić information content (AvgIpc) is 3.65. The fourth-order valence-corrected chi connectivity index (χ4v) is 4.91. The first-order valence-corrected chi connectivity index (χ1v) is 12.7. The van der Waals surface area contributed by atoms with Crippen molar-refractivity contribution in [2.75, 3.05) is 5.32 Å². The lowest BCUT2D eigenvalue weighted by atomic mass is 9.91. The van der Waals surface area contributed by atoms with E-state index in [0.29, 0.717) is 11.5 Å². The van der Waals surface area contributed by atoms with Crippen molar-refractivity contribution in [2.24, 2.45) is 0 Å². The maximum Gasteiger partial charge on any atom is 0.251 e. The minimum Gasteiger partial charge on any atom is -0.367 e. The third-order valence-corrected chi connectivity index (χ3v) is 7.16. The number of fused-ring (bicyclic) bond motifs is 1. The standard InChI is InChI=1S/C28H29FN6O/c1-17-5-13-23(14-6-17)35-27-24(16-30-35)26(33-25(34-27)18-7-8-18)31-21-9-11-22(12-10-21)32-28(36)19-3-2-4-20(29)15-19/h2-6,13-16,18,21-22H,7-12H2,1H3,(H,32,36)(H,31,33,34). The number of carbonyl (C=O) groups is 1. The Hall–Kier alpha value is -3.81. The molecule has 2 heterocycles. The fourth-order valence-electron chi connectivity index (χ4n) is 4.91. The number of carbonyl (C=O) groups excluding carboxylic acids is 1. The summed E-state index contributed by atoms with van der Waals surface area (Å²) in [7, 11) is 0. The van der Waals surface area contributed by atoms with E-state index in [1.165, 1.54) is 17.7 Å². The van der Waals surface area contributed by atoms with Crippen LogP contribution in [0.2, 0.25) is 0 Å². The number of halogens is 1. The molecule has 2 aliphatic rings. The molecule has 0 unspecified atom stereocenters. The van der Waals surface area contributed by atoms with Gasteiger partial charge in [-0.15, -0.1) is 0 Å². The summed E-state index contributed by atoms with van der Waals surface area (Å²) in [6.45, 7) is 2.07. The van der Waals surface area contributed by atoms with Gasteiger partial charge in [-0.1, -0.05) is 23.8 Å². The summed E-state index contributed by atoms with van der Waals surface area (Å²) in [5, 5.41) is 12.3. The SMILES string of the molecule is Cc1ccc(-n2ncc3c(NC4CCC(NC(=O)c5cccc(F)c5)CC4)nc(C4CC4)nc32)cc1. The molecular formula is C28H29FN6O. The van der Waals surface area contributed by atoms with Gasteiger partial charge < -0.3 is 10.6 Å². The summed E-state index contributed by atoms with van der Waals surface area (Å²) < 4.78 is 15.4. The summed E-state index contributed by atoms with van der Waals surface area (Å²) in [5.74, 6) is 1.52. The lowest BCUT2D eigenvalue weighted by Crippen LogP contribution is -2.40. The van der Waals surface area contributed by atoms with Crippen molar-refractivity contribution in [3.8, 4) is 5.69 Å². The number of nitrogens with one attached hydrogen (secondary N) is 2. The molecule has 6 rings (SSSR count). The Morgan fingerprint density at radius 2 is 1.72 bits per heavy atom. The van der Waals surface area contributed by atoms with Gasteiger partial charge in [-0.3, -0.25) is 4.79 Å². The van der Waals surface area contributed by atoms with Crippen molar-refractivity contribution in [2.45, 2.75) is 63.5 Å². The highest BCUT2D eigenvalue weighted by molar-refractivity contribution is 5.94. The maximum atomic E-state index is 13.5. The van der Waals surface area contributed by atoms with Crippen LogP contribution >= 0.6 is 0 Å². The van der Waals surface area contributed by atoms with Crippen LogP contribution in [0.1, 0.15) is 66.2 Å². The average molecular weight is 485 g/mol. The second-order valence-corrected chi connectivity index (χ2v) is 10.0. The number of nitrogens with zero attached hydrogens (tertiary/aromatic N) is 4. The summed E-state index contributed by atoms with van der Waals surface area (Å²) in [6.07, 6.45) is 7.61. The number of amides is 1. The number of hydrogen-bond donors (Lipinski definition) is 2. The predicted molar refractivity (Wildman–Crippen MR) is 137 cm³/mol. The topological polar surface area (TPSA) is 84.7 Å². The molecule has 0 spiro atoms. The molecular weight excluding hydrogens is 455 g/mol.